The van der Waals surface area contributed by atoms with Crippen LogP contribution in [0.4, 0.5) is 23.2 Å². The van der Waals surface area contributed by atoms with Gasteiger partial charge < -0.3 is 5.73 Å². The number of nitrogens with two attached hydrogens (primary N) is 1. The first-order valence-corrected chi connectivity index (χ1v) is 3.04. The van der Waals surface area contributed by atoms with E-state index in [4.69, 9.17) is 5.73 Å². The van der Waals surface area contributed by atoms with Gasteiger partial charge in [-0.15, -0.1) is 0 Å². The van der Waals surface area contributed by atoms with Gasteiger partial charge in [-0.25, -0.2) is 4.39 Å². The Morgan fingerprint density at radius 1 is 1.17 bits per heavy atom. The summed E-state index contributed by atoms with van der Waals surface area (Å²) in [4.78, 5) is 0. The lowest BCUT2D eigenvalue weighted by Gasteiger charge is -2.08. The molecule has 0 aliphatic carbocycles. The zero-order valence-corrected chi connectivity index (χ0v) is 5.82. The van der Waals surface area contributed by atoms with E-state index in [9.17, 15) is 17.6 Å². The zero-order valence-electron chi connectivity index (χ0n) is 5.82. The lowest BCUT2D eigenvalue weighted by atomic mass is 10.2. The van der Waals surface area contributed by atoms with Crippen LogP contribution in [0.2, 0.25) is 0 Å². The Labute approximate surface area is 65.8 Å². The molecule has 1 nitrogen and oxygen atoms in total. The Bertz CT molecular complexity index is 292. The highest BCUT2D eigenvalue weighted by molar-refractivity contribution is 5.43. The van der Waals surface area contributed by atoms with E-state index < -0.39 is 23.2 Å². The largest absolute Gasteiger partial charge is 0.419 e. The van der Waals surface area contributed by atoms with E-state index in [0.29, 0.717) is 6.07 Å². The number of alkyl halides is 3. The molecule has 1 aromatic rings. The summed E-state index contributed by atoms with van der Waals surface area (Å²) in [5.41, 5.74) is 3.12. The van der Waals surface area contributed by atoms with Crippen molar-refractivity contribution in [1.82, 2.24) is 0 Å². The molecule has 0 aliphatic rings. The van der Waals surface area contributed by atoms with Crippen LogP contribution in [0.15, 0.2) is 18.2 Å². The van der Waals surface area contributed by atoms with Crippen molar-refractivity contribution in [1.29, 1.82) is 0 Å². The number of nitrogen functional groups attached to an aromatic ring is 1. The minimum absolute atomic E-state index is 0.496. The Kier molecular flexibility index (Phi) is 1.95. The van der Waals surface area contributed by atoms with Gasteiger partial charge in [-0.1, -0.05) is 6.07 Å². The van der Waals surface area contributed by atoms with E-state index in [1.165, 1.54) is 0 Å². The van der Waals surface area contributed by atoms with E-state index in [1.807, 2.05) is 0 Å². The molecule has 0 aromatic heterocycles. The molecule has 0 saturated heterocycles. The number of benzene rings is 1. The second-order valence-electron chi connectivity index (χ2n) is 2.21. The summed E-state index contributed by atoms with van der Waals surface area (Å²) >= 11 is 0. The van der Waals surface area contributed by atoms with Crippen LogP contribution in [0.3, 0.4) is 0 Å². The summed E-state index contributed by atoms with van der Waals surface area (Å²) in [5, 5.41) is 0. The van der Waals surface area contributed by atoms with Crippen molar-refractivity contribution in [3.8, 4) is 0 Å². The van der Waals surface area contributed by atoms with Gasteiger partial charge in [0.2, 0.25) is 0 Å². The van der Waals surface area contributed by atoms with Gasteiger partial charge in [-0.3, -0.25) is 0 Å². The summed E-state index contributed by atoms with van der Waals surface area (Å²) in [7, 11) is 0. The van der Waals surface area contributed by atoms with Crippen LogP contribution in [0.1, 0.15) is 5.56 Å². The topological polar surface area (TPSA) is 26.0 Å². The van der Waals surface area contributed by atoms with E-state index >= 15 is 0 Å². The van der Waals surface area contributed by atoms with Crippen LogP contribution >= 0.6 is 0 Å². The molecule has 0 spiro atoms. The smallest absolute Gasteiger partial charge is 0.396 e. The fraction of sp³-hybridized carbons (Fsp3) is 0.143. The van der Waals surface area contributed by atoms with Crippen molar-refractivity contribution in [2.45, 2.75) is 6.18 Å². The van der Waals surface area contributed by atoms with Crippen molar-refractivity contribution in [3.63, 3.8) is 0 Å². The van der Waals surface area contributed by atoms with Crippen molar-refractivity contribution in [2.24, 2.45) is 0 Å². The third kappa shape index (κ3) is 1.49. The van der Waals surface area contributed by atoms with Crippen LogP contribution in [0.5, 0.6) is 0 Å². The van der Waals surface area contributed by atoms with Gasteiger partial charge in [0.25, 0.3) is 0 Å². The Balaban J connectivity index is 3.26. The van der Waals surface area contributed by atoms with Gasteiger partial charge in [-0.2, -0.15) is 13.2 Å². The molecule has 0 radical (unpaired) electrons. The molecule has 0 unspecified atom stereocenters. The normalized spacial score (nSPS) is 11.7. The van der Waals surface area contributed by atoms with Crippen molar-refractivity contribution in [3.05, 3.63) is 29.6 Å². The third-order valence-electron chi connectivity index (χ3n) is 1.33. The molecule has 66 valence electrons. The summed E-state index contributed by atoms with van der Waals surface area (Å²) in [6.07, 6.45) is -4.68. The van der Waals surface area contributed by atoms with Gasteiger partial charge in [0, 0.05) is 0 Å². The lowest BCUT2D eigenvalue weighted by molar-refractivity contribution is -0.139. The maximum absolute atomic E-state index is 12.7. The first-order chi connectivity index (χ1) is 5.43. The predicted molar refractivity (Wildman–Crippen MR) is 35.8 cm³/mol. The Hall–Kier alpha value is -1.26. The fourth-order valence-electron chi connectivity index (χ4n) is 0.769. The highest BCUT2D eigenvalue weighted by atomic mass is 19.4. The standard InChI is InChI=1S/C7H5F4N/c8-6-4(7(9,10)11)2-1-3-5(6)12/h1-3H,12H2. The van der Waals surface area contributed by atoms with Crippen molar-refractivity contribution < 1.29 is 17.6 Å². The fourth-order valence-corrected chi connectivity index (χ4v) is 0.769. The summed E-state index contributed by atoms with van der Waals surface area (Å²) in [5.74, 6) is -1.41. The van der Waals surface area contributed by atoms with Crippen LogP contribution in [-0.2, 0) is 6.18 Å². The van der Waals surface area contributed by atoms with E-state index in [1.54, 1.807) is 0 Å². The molecule has 1 rings (SSSR count). The van der Waals surface area contributed by atoms with Crippen molar-refractivity contribution >= 4 is 5.69 Å². The predicted octanol–water partition coefficient (Wildman–Crippen LogP) is 2.43. The van der Waals surface area contributed by atoms with E-state index in [-0.39, 0.29) is 0 Å². The van der Waals surface area contributed by atoms with Crippen LogP contribution in [0, 0.1) is 5.82 Å². The van der Waals surface area contributed by atoms with Crippen LogP contribution < -0.4 is 5.73 Å². The van der Waals surface area contributed by atoms with Gasteiger partial charge in [-0.05, 0) is 12.1 Å². The second-order valence-corrected chi connectivity index (χ2v) is 2.21. The molecule has 12 heavy (non-hydrogen) atoms. The van der Waals surface area contributed by atoms with E-state index in [0.717, 1.165) is 12.1 Å². The molecule has 0 fully saturated rings. The molecule has 5 heteroatoms. The molecule has 0 aliphatic heterocycles. The average molecular weight is 179 g/mol. The minimum atomic E-state index is -4.68. The van der Waals surface area contributed by atoms with Crippen LogP contribution in [0.25, 0.3) is 0 Å². The average Bonchev–Trinajstić information content (AvgIpc) is 1.92. The zero-order chi connectivity index (χ0) is 9.35. The molecular weight excluding hydrogens is 174 g/mol. The number of hydrogen-bond acceptors (Lipinski definition) is 1. The molecule has 0 amide bonds. The van der Waals surface area contributed by atoms with Gasteiger partial charge >= 0.3 is 6.18 Å². The third-order valence-corrected chi connectivity index (χ3v) is 1.33. The van der Waals surface area contributed by atoms with E-state index in [2.05, 4.69) is 0 Å². The van der Waals surface area contributed by atoms with Gasteiger partial charge in [0.1, 0.15) is 0 Å². The second kappa shape index (κ2) is 2.66. The maximum Gasteiger partial charge on any atom is 0.419 e. The SMILES string of the molecule is Nc1cccc(C(F)(F)F)c1F. The summed E-state index contributed by atoms with van der Waals surface area (Å²) < 4.78 is 48.5. The molecule has 0 bridgehead atoms. The number of halogens is 4. The first kappa shape index (κ1) is 8.83. The molecule has 2 N–H and O–H groups in total. The molecule has 1 aromatic carbocycles. The van der Waals surface area contributed by atoms with Gasteiger partial charge in [0.15, 0.2) is 5.82 Å². The monoisotopic (exact) mass is 179 g/mol. The number of anilines is 1. The molecular formula is C7H5F4N. The lowest BCUT2D eigenvalue weighted by Crippen LogP contribution is -2.09. The maximum atomic E-state index is 12.7. The van der Waals surface area contributed by atoms with Crippen LogP contribution in [-0.4, -0.2) is 0 Å². The highest BCUT2D eigenvalue weighted by Crippen LogP contribution is 2.32. The summed E-state index contributed by atoms with van der Waals surface area (Å²) in [6.45, 7) is 0. The number of rotatable bonds is 0. The minimum Gasteiger partial charge on any atom is -0.396 e. The summed E-state index contributed by atoms with van der Waals surface area (Å²) in [6, 6.07) is 2.78. The number of hydrogen-bond donors (Lipinski definition) is 1. The quantitative estimate of drug-likeness (QED) is 0.480. The van der Waals surface area contributed by atoms with Crippen molar-refractivity contribution in [2.75, 3.05) is 5.73 Å². The van der Waals surface area contributed by atoms with Gasteiger partial charge in [0.05, 0.1) is 11.3 Å². The first-order valence-electron chi connectivity index (χ1n) is 3.04. The molecule has 0 saturated carbocycles. The Morgan fingerprint density at radius 3 is 2.17 bits per heavy atom. The highest BCUT2D eigenvalue weighted by Gasteiger charge is 2.34. The Morgan fingerprint density at radius 2 is 1.75 bits per heavy atom. The molecule has 0 heterocycles. The molecule has 0 atom stereocenters.